The van der Waals surface area contributed by atoms with Gasteiger partial charge in [0.25, 0.3) is 0 Å². The number of ether oxygens (including phenoxy) is 2. The van der Waals surface area contributed by atoms with Gasteiger partial charge < -0.3 is 14.8 Å². The third-order valence-electron chi connectivity index (χ3n) is 7.73. The lowest BCUT2D eigenvalue weighted by Gasteiger charge is -2.21. The van der Waals surface area contributed by atoms with Crippen molar-refractivity contribution in [2.75, 3.05) is 31.3 Å². The maximum absolute atomic E-state index is 12.3. The van der Waals surface area contributed by atoms with Gasteiger partial charge in [-0.1, -0.05) is 75.2 Å². The lowest BCUT2D eigenvalue weighted by atomic mass is 9.97. The van der Waals surface area contributed by atoms with E-state index in [4.69, 9.17) is 9.47 Å². The molecule has 2 aliphatic carbocycles. The molecule has 2 aliphatic rings. The Morgan fingerprint density at radius 2 is 1.66 bits per heavy atom. The summed E-state index contributed by atoms with van der Waals surface area (Å²) in [5.74, 6) is 3.63. The monoisotopic (exact) mass is 495 g/mol. The minimum absolute atomic E-state index is 0.103. The summed E-state index contributed by atoms with van der Waals surface area (Å²) < 4.78 is 11.8. The molecule has 2 aromatic rings. The van der Waals surface area contributed by atoms with Crippen molar-refractivity contribution in [3.8, 4) is 11.1 Å². The second-order valence-electron chi connectivity index (χ2n) is 10.0. The molecule has 5 heteroatoms. The van der Waals surface area contributed by atoms with Crippen molar-refractivity contribution in [3.63, 3.8) is 0 Å². The fourth-order valence-corrected chi connectivity index (χ4v) is 6.31. The van der Waals surface area contributed by atoms with Gasteiger partial charge in [0.1, 0.15) is 6.61 Å². The first-order valence-corrected chi connectivity index (χ1v) is 14.6. The third-order valence-corrected chi connectivity index (χ3v) is 8.80. The standard InChI is InChI=1S/C30H41NO3S/c1-3-23-14-13-22(2)29(16-15-23)33-18-8-19-35-20-17-31-30(32)34-21-28-26-11-6-4-9-24(26)25-10-5-7-12-27(25)28/h4-7,9-12,22-23,28-29H,3,8,13-21H2,1-2H3,(H,31,32). The molecule has 0 aliphatic heterocycles. The Bertz CT molecular complexity index is 903. The zero-order valence-corrected chi connectivity index (χ0v) is 22.2. The number of amides is 1. The molecule has 1 N–H and O–H groups in total. The Hall–Kier alpha value is -1.98. The van der Waals surface area contributed by atoms with E-state index in [0.29, 0.717) is 25.2 Å². The molecular formula is C30H41NO3S. The predicted molar refractivity (Wildman–Crippen MR) is 146 cm³/mol. The van der Waals surface area contributed by atoms with Gasteiger partial charge in [-0.25, -0.2) is 4.79 Å². The zero-order valence-electron chi connectivity index (χ0n) is 21.3. The van der Waals surface area contributed by atoms with Crippen LogP contribution in [0.5, 0.6) is 0 Å². The van der Waals surface area contributed by atoms with Crippen LogP contribution in [0.25, 0.3) is 11.1 Å². The number of rotatable bonds is 11. The molecule has 3 unspecified atom stereocenters. The Balaban J connectivity index is 1.08. The van der Waals surface area contributed by atoms with E-state index in [1.165, 1.54) is 54.4 Å². The largest absolute Gasteiger partial charge is 0.449 e. The molecule has 0 heterocycles. The topological polar surface area (TPSA) is 47.6 Å². The molecule has 3 atom stereocenters. The molecule has 0 spiro atoms. The van der Waals surface area contributed by atoms with Gasteiger partial charge in [0.05, 0.1) is 6.10 Å². The van der Waals surface area contributed by atoms with Crippen LogP contribution in [0.15, 0.2) is 48.5 Å². The Kier molecular flexibility index (Phi) is 9.96. The smallest absolute Gasteiger partial charge is 0.407 e. The molecule has 1 fully saturated rings. The van der Waals surface area contributed by atoms with Crippen molar-refractivity contribution in [3.05, 3.63) is 59.7 Å². The molecule has 0 aromatic heterocycles. The van der Waals surface area contributed by atoms with E-state index in [1.807, 2.05) is 11.8 Å². The number of nitrogens with one attached hydrogen (secondary N) is 1. The van der Waals surface area contributed by atoms with Gasteiger partial charge in [-0.05, 0) is 65.5 Å². The number of benzene rings is 2. The van der Waals surface area contributed by atoms with E-state index in [0.717, 1.165) is 30.5 Å². The third kappa shape index (κ3) is 7.04. The molecule has 4 nitrogen and oxygen atoms in total. The maximum atomic E-state index is 12.3. The first-order valence-electron chi connectivity index (χ1n) is 13.5. The maximum Gasteiger partial charge on any atom is 0.407 e. The Morgan fingerprint density at radius 1 is 0.971 bits per heavy atom. The molecule has 1 saturated carbocycles. The van der Waals surface area contributed by atoms with Crippen LogP contribution in [0.1, 0.15) is 69.4 Å². The highest BCUT2D eigenvalue weighted by Crippen LogP contribution is 2.44. The summed E-state index contributed by atoms with van der Waals surface area (Å²) in [7, 11) is 0. The Labute approximate surface area is 215 Å². The molecule has 35 heavy (non-hydrogen) atoms. The number of carbonyl (C=O) groups is 1. The second kappa shape index (κ2) is 13.4. The summed E-state index contributed by atoms with van der Waals surface area (Å²) in [6, 6.07) is 16.8. The van der Waals surface area contributed by atoms with Crippen molar-refractivity contribution < 1.29 is 14.3 Å². The molecule has 1 amide bonds. The first-order chi connectivity index (χ1) is 17.2. The van der Waals surface area contributed by atoms with E-state index >= 15 is 0 Å². The summed E-state index contributed by atoms with van der Waals surface area (Å²) >= 11 is 1.87. The summed E-state index contributed by atoms with van der Waals surface area (Å²) in [5, 5.41) is 2.91. The highest BCUT2D eigenvalue weighted by Gasteiger charge is 2.29. The van der Waals surface area contributed by atoms with Crippen molar-refractivity contribution in [2.45, 2.75) is 64.4 Å². The van der Waals surface area contributed by atoms with Crippen LogP contribution in [0, 0.1) is 11.8 Å². The average molecular weight is 496 g/mol. The van der Waals surface area contributed by atoms with Crippen LogP contribution in [-0.4, -0.2) is 43.5 Å². The van der Waals surface area contributed by atoms with E-state index in [-0.39, 0.29) is 12.0 Å². The van der Waals surface area contributed by atoms with Crippen LogP contribution in [0.2, 0.25) is 0 Å². The summed E-state index contributed by atoms with van der Waals surface area (Å²) in [4.78, 5) is 12.3. The van der Waals surface area contributed by atoms with Crippen LogP contribution < -0.4 is 5.32 Å². The quantitative estimate of drug-likeness (QED) is 0.263. The molecule has 190 valence electrons. The minimum atomic E-state index is -0.330. The van der Waals surface area contributed by atoms with Gasteiger partial charge in [-0.15, -0.1) is 0 Å². The lowest BCUT2D eigenvalue weighted by Crippen LogP contribution is -2.28. The molecule has 0 radical (unpaired) electrons. The van der Waals surface area contributed by atoms with Gasteiger partial charge in [0.15, 0.2) is 0 Å². The minimum Gasteiger partial charge on any atom is -0.449 e. The normalized spacial score (nSPS) is 21.7. The number of carbonyl (C=O) groups excluding carboxylic acids is 1. The van der Waals surface area contributed by atoms with Crippen molar-refractivity contribution in [1.29, 1.82) is 0 Å². The molecule has 0 bridgehead atoms. The van der Waals surface area contributed by atoms with Crippen LogP contribution in [0.3, 0.4) is 0 Å². The number of alkyl carbamates (subject to hydrolysis) is 1. The fraction of sp³-hybridized carbons (Fsp3) is 0.567. The number of hydrogen-bond donors (Lipinski definition) is 1. The summed E-state index contributed by atoms with van der Waals surface area (Å²) in [6.07, 6.45) is 7.69. The highest BCUT2D eigenvalue weighted by atomic mass is 32.2. The molecule has 4 rings (SSSR count). The van der Waals surface area contributed by atoms with Crippen molar-refractivity contribution in [2.24, 2.45) is 11.8 Å². The van der Waals surface area contributed by atoms with Gasteiger partial charge in [-0.3, -0.25) is 0 Å². The van der Waals surface area contributed by atoms with Crippen molar-refractivity contribution in [1.82, 2.24) is 5.32 Å². The predicted octanol–water partition coefficient (Wildman–Crippen LogP) is 7.27. The molecular weight excluding hydrogens is 454 g/mol. The summed E-state index contributed by atoms with van der Waals surface area (Å²) in [6.45, 7) is 6.50. The molecule has 2 aromatic carbocycles. The van der Waals surface area contributed by atoms with Gasteiger partial charge in [0.2, 0.25) is 0 Å². The second-order valence-corrected chi connectivity index (χ2v) is 11.3. The van der Waals surface area contributed by atoms with Crippen LogP contribution >= 0.6 is 11.8 Å². The van der Waals surface area contributed by atoms with E-state index in [1.54, 1.807) is 0 Å². The number of hydrogen-bond acceptors (Lipinski definition) is 4. The highest BCUT2D eigenvalue weighted by molar-refractivity contribution is 7.99. The fourth-order valence-electron chi connectivity index (χ4n) is 5.54. The zero-order chi connectivity index (χ0) is 24.5. The van der Waals surface area contributed by atoms with Crippen LogP contribution in [0.4, 0.5) is 4.79 Å². The van der Waals surface area contributed by atoms with Gasteiger partial charge in [-0.2, -0.15) is 11.8 Å². The van der Waals surface area contributed by atoms with Crippen LogP contribution in [-0.2, 0) is 9.47 Å². The van der Waals surface area contributed by atoms with E-state index < -0.39 is 0 Å². The van der Waals surface area contributed by atoms with Crippen molar-refractivity contribution >= 4 is 17.9 Å². The van der Waals surface area contributed by atoms with E-state index in [9.17, 15) is 4.79 Å². The molecule has 0 saturated heterocycles. The Morgan fingerprint density at radius 3 is 2.37 bits per heavy atom. The average Bonchev–Trinajstić information content (AvgIpc) is 3.09. The van der Waals surface area contributed by atoms with Gasteiger partial charge >= 0.3 is 6.09 Å². The van der Waals surface area contributed by atoms with Gasteiger partial charge in [0, 0.05) is 24.8 Å². The first kappa shape index (κ1) is 26.1. The number of thioether (sulfide) groups is 1. The summed E-state index contributed by atoms with van der Waals surface area (Å²) in [5.41, 5.74) is 4.97. The SMILES string of the molecule is CCC1CCC(C)C(OCCCSCCNC(=O)OCC2c3ccccc3-c3ccccc32)CC1. The lowest BCUT2D eigenvalue weighted by molar-refractivity contribution is 0.0137. The number of fused-ring (bicyclic) bond motifs is 3. The van der Waals surface area contributed by atoms with E-state index in [2.05, 4.69) is 67.7 Å².